The molecule has 0 saturated heterocycles. The van der Waals surface area contributed by atoms with Crippen LogP contribution in [0.1, 0.15) is 19.8 Å². The summed E-state index contributed by atoms with van der Waals surface area (Å²) in [5, 5.41) is 0. The van der Waals surface area contributed by atoms with Gasteiger partial charge in [0.1, 0.15) is 25.9 Å². The minimum Gasteiger partial charge on any atom is -0.366 e. The number of hydrogen-bond donors (Lipinski definition) is 0. The van der Waals surface area contributed by atoms with Gasteiger partial charge in [0, 0.05) is 0 Å². The van der Waals surface area contributed by atoms with E-state index < -0.39 is 0 Å². The Balaban J connectivity index is 4.38. The first-order chi connectivity index (χ1) is 8.79. The van der Waals surface area contributed by atoms with Gasteiger partial charge in [-0.05, 0) is 6.42 Å². The van der Waals surface area contributed by atoms with Crippen LogP contribution in [0.25, 0.3) is 0 Å². The predicted octanol–water partition coefficient (Wildman–Crippen LogP) is 1.47. The lowest BCUT2D eigenvalue weighted by molar-refractivity contribution is -0.0897. The van der Waals surface area contributed by atoms with Crippen LogP contribution in [0, 0.1) is 37.0 Å². The second-order valence-corrected chi connectivity index (χ2v) is 3.62. The van der Waals surface area contributed by atoms with Crippen molar-refractivity contribution in [1.82, 2.24) is 0 Å². The monoisotopic (exact) mass is 248 g/mol. The molecule has 0 aromatic heterocycles. The molecule has 0 radical (unpaired) electrons. The largest absolute Gasteiger partial charge is 0.366 e. The van der Waals surface area contributed by atoms with Crippen molar-refractivity contribution in [2.24, 2.45) is 0 Å². The average Bonchev–Trinajstić information content (AvgIpc) is 2.39. The van der Waals surface area contributed by atoms with Crippen molar-refractivity contribution < 1.29 is 14.2 Å². The van der Waals surface area contributed by atoms with Gasteiger partial charge in [-0.15, -0.1) is 19.3 Å². The summed E-state index contributed by atoms with van der Waals surface area (Å²) in [5.74, 6) is 7.27. The Morgan fingerprint density at radius 3 is 1.94 bits per heavy atom. The smallest absolute Gasteiger partial charge is 0.108 e. The third-order valence-corrected chi connectivity index (χ3v) is 2.22. The highest BCUT2D eigenvalue weighted by atomic mass is 16.6. The molecule has 0 saturated carbocycles. The molecule has 0 amide bonds. The number of rotatable bonds is 10. The summed E-state index contributed by atoms with van der Waals surface area (Å²) < 4.78 is 16.4. The zero-order chi connectivity index (χ0) is 13.6. The quantitative estimate of drug-likeness (QED) is 0.433. The third-order valence-electron chi connectivity index (χ3n) is 2.22. The minimum absolute atomic E-state index is 0.128. The van der Waals surface area contributed by atoms with Gasteiger partial charge in [0.15, 0.2) is 0 Å². The van der Waals surface area contributed by atoms with E-state index in [-0.39, 0.29) is 32.0 Å². The van der Waals surface area contributed by atoms with Crippen LogP contribution in [0.15, 0.2) is 0 Å². The molecule has 3 nitrogen and oxygen atoms in total. The van der Waals surface area contributed by atoms with Gasteiger partial charge in [0.2, 0.25) is 0 Å². The molecule has 0 aromatic carbocycles. The van der Waals surface area contributed by atoms with E-state index in [0.29, 0.717) is 6.61 Å². The van der Waals surface area contributed by atoms with Crippen molar-refractivity contribution in [1.29, 1.82) is 0 Å². The Morgan fingerprint density at radius 1 is 0.889 bits per heavy atom. The highest BCUT2D eigenvalue weighted by Crippen LogP contribution is 2.11. The zero-order valence-corrected chi connectivity index (χ0v) is 10.9. The second kappa shape index (κ2) is 12.0. The number of terminal acetylenes is 3. The molecular weight excluding hydrogens is 228 g/mol. The standard InChI is InChI=1S/C15H20O3/c1-5-9-14(17-11-7-3)15(18-12-8-4)13-16-10-6-2/h2-4,14-15H,5,9-13H2,1H3. The summed E-state index contributed by atoms with van der Waals surface area (Å²) in [6, 6.07) is 0. The molecule has 0 N–H and O–H groups in total. The molecular formula is C15H20O3. The van der Waals surface area contributed by atoms with Crippen molar-refractivity contribution in [2.75, 3.05) is 26.4 Å². The van der Waals surface area contributed by atoms with Crippen molar-refractivity contribution in [2.45, 2.75) is 32.0 Å². The topological polar surface area (TPSA) is 27.7 Å². The Morgan fingerprint density at radius 2 is 1.44 bits per heavy atom. The highest BCUT2D eigenvalue weighted by Gasteiger charge is 2.22. The number of ether oxygens (including phenoxy) is 3. The van der Waals surface area contributed by atoms with Crippen LogP contribution in [0.2, 0.25) is 0 Å². The predicted molar refractivity (Wildman–Crippen MR) is 71.7 cm³/mol. The highest BCUT2D eigenvalue weighted by molar-refractivity contribution is 4.87. The molecule has 0 aliphatic carbocycles. The van der Waals surface area contributed by atoms with Crippen molar-refractivity contribution in [3.8, 4) is 37.0 Å². The molecule has 2 atom stereocenters. The average molecular weight is 248 g/mol. The zero-order valence-electron chi connectivity index (χ0n) is 10.9. The summed E-state index contributed by atoms with van der Waals surface area (Å²) in [6.07, 6.45) is 16.9. The Bertz CT molecular complexity index is 316. The summed E-state index contributed by atoms with van der Waals surface area (Å²) in [5.41, 5.74) is 0. The van der Waals surface area contributed by atoms with Gasteiger partial charge in [0.05, 0.1) is 12.7 Å². The van der Waals surface area contributed by atoms with E-state index in [0.717, 1.165) is 12.8 Å². The summed E-state index contributed by atoms with van der Waals surface area (Å²) in [6.45, 7) is 3.11. The van der Waals surface area contributed by atoms with E-state index in [1.165, 1.54) is 0 Å². The van der Waals surface area contributed by atoms with Crippen LogP contribution >= 0.6 is 0 Å². The lowest BCUT2D eigenvalue weighted by atomic mass is 10.1. The Kier molecular flexibility index (Phi) is 11.1. The molecule has 98 valence electrons. The molecule has 18 heavy (non-hydrogen) atoms. The maximum atomic E-state index is 5.56. The minimum atomic E-state index is -0.248. The van der Waals surface area contributed by atoms with Crippen LogP contribution in [-0.4, -0.2) is 38.6 Å². The maximum Gasteiger partial charge on any atom is 0.108 e. The molecule has 0 bridgehead atoms. The lowest BCUT2D eigenvalue weighted by Crippen LogP contribution is -2.36. The Hall–Kier alpha value is -1.44. The Labute approximate surface area is 110 Å². The first-order valence-electron chi connectivity index (χ1n) is 5.91. The molecule has 3 heteroatoms. The van der Waals surface area contributed by atoms with E-state index >= 15 is 0 Å². The molecule has 2 unspecified atom stereocenters. The van der Waals surface area contributed by atoms with Crippen molar-refractivity contribution in [3.63, 3.8) is 0 Å². The molecule has 0 aromatic rings. The van der Waals surface area contributed by atoms with Crippen LogP contribution < -0.4 is 0 Å². The van der Waals surface area contributed by atoms with Gasteiger partial charge in [-0.1, -0.05) is 31.1 Å². The van der Waals surface area contributed by atoms with Crippen LogP contribution in [-0.2, 0) is 14.2 Å². The van der Waals surface area contributed by atoms with Gasteiger partial charge in [-0.25, -0.2) is 0 Å². The van der Waals surface area contributed by atoms with Gasteiger partial charge < -0.3 is 14.2 Å². The lowest BCUT2D eigenvalue weighted by Gasteiger charge is -2.25. The van der Waals surface area contributed by atoms with Gasteiger partial charge in [-0.2, -0.15) is 0 Å². The van der Waals surface area contributed by atoms with E-state index in [1.54, 1.807) is 0 Å². The fourth-order valence-electron chi connectivity index (χ4n) is 1.47. The normalized spacial score (nSPS) is 13.0. The third kappa shape index (κ3) is 7.77. The SMILES string of the molecule is C#CCOCC(OCC#C)C(CCC)OCC#C. The summed E-state index contributed by atoms with van der Waals surface area (Å²) in [4.78, 5) is 0. The van der Waals surface area contributed by atoms with Crippen molar-refractivity contribution >= 4 is 0 Å². The van der Waals surface area contributed by atoms with Crippen LogP contribution in [0.5, 0.6) is 0 Å². The molecule has 0 aliphatic heterocycles. The molecule has 0 aliphatic rings. The van der Waals surface area contributed by atoms with Crippen LogP contribution in [0.3, 0.4) is 0 Å². The van der Waals surface area contributed by atoms with Gasteiger partial charge in [-0.3, -0.25) is 0 Å². The number of hydrogen-bond acceptors (Lipinski definition) is 3. The first kappa shape index (κ1) is 16.6. The van der Waals surface area contributed by atoms with E-state index in [9.17, 15) is 0 Å². The maximum absolute atomic E-state index is 5.56. The summed E-state index contributed by atoms with van der Waals surface area (Å²) >= 11 is 0. The van der Waals surface area contributed by atoms with E-state index in [2.05, 4.69) is 24.7 Å². The van der Waals surface area contributed by atoms with Crippen molar-refractivity contribution in [3.05, 3.63) is 0 Å². The second-order valence-electron chi connectivity index (χ2n) is 3.62. The molecule has 0 heterocycles. The van der Waals surface area contributed by atoms with Crippen LogP contribution in [0.4, 0.5) is 0 Å². The summed E-state index contributed by atoms with van der Waals surface area (Å²) in [7, 11) is 0. The molecule has 0 rings (SSSR count). The van der Waals surface area contributed by atoms with Gasteiger partial charge in [0.25, 0.3) is 0 Å². The molecule has 0 fully saturated rings. The van der Waals surface area contributed by atoms with E-state index in [4.69, 9.17) is 33.5 Å². The van der Waals surface area contributed by atoms with E-state index in [1.807, 2.05) is 0 Å². The fraction of sp³-hybridized carbons (Fsp3) is 0.600. The molecule has 0 spiro atoms. The van der Waals surface area contributed by atoms with Gasteiger partial charge >= 0.3 is 0 Å². The first-order valence-corrected chi connectivity index (χ1v) is 5.91. The fourth-order valence-corrected chi connectivity index (χ4v) is 1.47.